The fourth-order valence-electron chi connectivity index (χ4n) is 3.28. The molecule has 0 aliphatic heterocycles. The quantitative estimate of drug-likeness (QED) is 0.427. The van der Waals surface area contributed by atoms with Gasteiger partial charge in [0.05, 0.1) is 5.56 Å². The maximum atomic E-state index is 13.1. The van der Waals surface area contributed by atoms with Gasteiger partial charge >= 0.3 is 0 Å². The van der Waals surface area contributed by atoms with E-state index in [4.69, 9.17) is 4.74 Å². The van der Waals surface area contributed by atoms with Crippen LogP contribution in [0.3, 0.4) is 0 Å². The molecule has 148 valence electrons. The van der Waals surface area contributed by atoms with Crippen molar-refractivity contribution in [3.05, 3.63) is 126 Å². The number of hydrogen-bond acceptors (Lipinski definition) is 2. The average Bonchev–Trinajstić information content (AvgIpc) is 2.83. The fraction of sp³-hybridized carbons (Fsp3) is 0.0741. The second kappa shape index (κ2) is 9.57. The molecule has 0 bridgehead atoms. The Morgan fingerprint density at radius 1 is 0.700 bits per heavy atom. The summed E-state index contributed by atoms with van der Waals surface area (Å²) in [6, 6.07) is 35.5. The summed E-state index contributed by atoms with van der Waals surface area (Å²) < 4.78 is 5.96. The third kappa shape index (κ3) is 4.95. The molecule has 3 heteroatoms. The fourth-order valence-corrected chi connectivity index (χ4v) is 3.28. The summed E-state index contributed by atoms with van der Waals surface area (Å²) in [7, 11) is 0. The molecule has 30 heavy (non-hydrogen) atoms. The molecule has 0 atom stereocenters. The Morgan fingerprint density at radius 2 is 1.30 bits per heavy atom. The molecule has 0 radical (unpaired) electrons. The zero-order valence-electron chi connectivity index (χ0n) is 16.6. The van der Waals surface area contributed by atoms with Crippen LogP contribution in [0.5, 0.6) is 5.75 Å². The zero-order chi connectivity index (χ0) is 20.6. The number of benzene rings is 4. The predicted molar refractivity (Wildman–Crippen MR) is 120 cm³/mol. The van der Waals surface area contributed by atoms with Crippen LogP contribution in [-0.2, 0) is 13.2 Å². The Balaban J connectivity index is 1.58. The van der Waals surface area contributed by atoms with E-state index in [2.05, 4.69) is 5.32 Å². The molecule has 4 aromatic rings. The lowest BCUT2D eigenvalue weighted by atomic mass is 9.98. The molecular formula is C27H23NO2. The Labute approximate surface area is 177 Å². The highest BCUT2D eigenvalue weighted by Crippen LogP contribution is 2.28. The minimum atomic E-state index is -0.122. The molecule has 0 heterocycles. The highest BCUT2D eigenvalue weighted by molar-refractivity contribution is 6.01. The maximum Gasteiger partial charge on any atom is 0.252 e. The number of hydrogen-bond donors (Lipinski definition) is 1. The number of ether oxygens (including phenoxy) is 1. The highest BCUT2D eigenvalue weighted by Gasteiger charge is 2.14. The van der Waals surface area contributed by atoms with Crippen molar-refractivity contribution in [1.82, 2.24) is 5.32 Å². The van der Waals surface area contributed by atoms with Crippen LogP contribution in [0.2, 0.25) is 0 Å². The molecule has 0 unspecified atom stereocenters. The van der Waals surface area contributed by atoms with Crippen LogP contribution in [0.25, 0.3) is 11.1 Å². The molecule has 0 fully saturated rings. The lowest BCUT2D eigenvalue weighted by Gasteiger charge is -2.14. The number of amides is 1. The molecule has 0 saturated carbocycles. The van der Waals surface area contributed by atoms with Gasteiger partial charge in [0.1, 0.15) is 12.4 Å². The second-order valence-corrected chi connectivity index (χ2v) is 7.02. The van der Waals surface area contributed by atoms with E-state index in [1.807, 2.05) is 109 Å². The molecule has 4 rings (SSSR count). The average molecular weight is 393 g/mol. The molecular weight excluding hydrogens is 370 g/mol. The summed E-state index contributed by atoms with van der Waals surface area (Å²) >= 11 is 0. The summed E-state index contributed by atoms with van der Waals surface area (Å²) in [5.74, 6) is 0.547. The van der Waals surface area contributed by atoms with Crippen molar-refractivity contribution in [3.63, 3.8) is 0 Å². The van der Waals surface area contributed by atoms with E-state index in [1.54, 1.807) is 0 Å². The number of carbonyl (C=O) groups is 1. The van der Waals surface area contributed by atoms with E-state index in [1.165, 1.54) is 0 Å². The van der Waals surface area contributed by atoms with Crippen molar-refractivity contribution >= 4 is 5.91 Å². The van der Waals surface area contributed by atoms with Crippen LogP contribution >= 0.6 is 0 Å². The maximum absolute atomic E-state index is 13.1. The molecule has 1 N–H and O–H groups in total. The molecule has 0 aromatic heterocycles. The molecule has 4 aromatic carbocycles. The molecule has 0 aliphatic carbocycles. The number of carbonyl (C=O) groups excluding carboxylic acids is 1. The Bertz CT molecular complexity index is 1090. The Hall–Kier alpha value is -3.85. The molecule has 1 amide bonds. The van der Waals surface area contributed by atoms with Crippen molar-refractivity contribution in [3.8, 4) is 16.9 Å². The van der Waals surface area contributed by atoms with E-state index in [0.717, 1.165) is 22.3 Å². The van der Waals surface area contributed by atoms with E-state index >= 15 is 0 Å². The van der Waals surface area contributed by atoms with Gasteiger partial charge in [0.25, 0.3) is 5.91 Å². The normalized spacial score (nSPS) is 10.4. The summed E-state index contributed by atoms with van der Waals surface area (Å²) in [4.78, 5) is 13.1. The lowest BCUT2D eigenvalue weighted by molar-refractivity contribution is 0.0951. The van der Waals surface area contributed by atoms with Gasteiger partial charge in [-0.3, -0.25) is 4.79 Å². The van der Waals surface area contributed by atoms with Crippen LogP contribution in [-0.4, -0.2) is 5.91 Å². The molecule has 0 aliphatic rings. The van der Waals surface area contributed by atoms with Crippen molar-refractivity contribution in [2.75, 3.05) is 0 Å². The minimum absolute atomic E-state index is 0.122. The first kappa shape index (κ1) is 19.5. The highest BCUT2D eigenvalue weighted by atomic mass is 16.5. The van der Waals surface area contributed by atoms with E-state index in [-0.39, 0.29) is 5.91 Å². The molecule has 0 spiro atoms. The molecule has 0 saturated heterocycles. The van der Waals surface area contributed by atoms with E-state index in [0.29, 0.717) is 24.5 Å². The number of nitrogens with one attached hydrogen (secondary N) is 1. The minimum Gasteiger partial charge on any atom is -0.489 e. The van der Waals surface area contributed by atoms with Gasteiger partial charge in [-0.2, -0.15) is 0 Å². The van der Waals surface area contributed by atoms with Gasteiger partial charge in [-0.1, -0.05) is 91.0 Å². The van der Waals surface area contributed by atoms with Crippen molar-refractivity contribution < 1.29 is 9.53 Å². The first-order chi connectivity index (χ1) is 14.8. The van der Waals surface area contributed by atoms with Crippen LogP contribution in [0.1, 0.15) is 21.5 Å². The largest absolute Gasteiger partial charge is 0.489 e. The van der Waals surface area contributed by atoms with Crippen LogP contribution in [0.15, 0.2) is 109 Å². The second-order valence-electron chi connectivity index (χ2n) is 7.02. The van der Waals surface area contributed by atoms with Crippen LogP contribution in [0, 0.1) is 0 Å². The predicted octanol–water partition coefficient (Wildman–Crippen LogP) is 5.86. The Kier molecular flexibility index (Phi) is 6.21. The van der Waals surface area contributed by atoms with Crippen LogP contribution < -0.4 is 10.1 Å². The SMILES string of the molecule is O=C(NCc1ccccc1)c1cc(OCc2ccccc2)ccc1-c1ccccc1. The first-order valence-corrected chi connectivity index (χ1v) is 9.98. The summed E-state index contributed by atoms with van der Waals surface area (Å²) in [5.41, 5.74) is 4.62. The van der Waals surface area contributed by atoms with Crippen molar-refractivity contribution in [2.45, 2.75) is 13.2 Å². The number of rotatable bonds is 7. The van der Waals surface area contributed by atoms with E-state index in [9.17, 15) is 4.79 Å². The zero-order valence-corrected chi connectivity index (χ0v) is 16.6. The summed E-state index contributed by atoms with van der Waals surface area (Å²) in [5, 5.41) is 3.03. The van der Waals surface area contributed by atoms with Crippen molar-refractivity contribution in [1.29, 1.82) is 0 Å². The van der Waals surface area contributed by atoms with Gasteiger partial charge in [-0.05, 0) is 40.5 Å². The Morgan fingerprint density at radius 3 is 1.97 bits per heavy atom. The van der Waals surface area contributed by atoms with Gasteiger partial charge in [0.15, 0.2) is 0 Å². The third-order valence-corrected chi connectivity index (χ3v) is 4.86. The van der Waals surface area contributed by atoms with Gasteiger partial charge in [0, 0.05) is 6.54 Å². The van der Waals surface area contributed by atoms with Gasteiger partial charge in [0.2, 0.25) is 0 Å². The van der Waals surface area contributed by atoms with E-state index < -0.39 is 0 Å². The summed E-state index contributed by atoms with van der Waals surface area (Å²) in [6.45, 7) is 0.930. The van der Waals surface area contributed by atoms with Crippen molar-refractivity contribution in [2.24, 2.45) is 0 Å². The first-order valence-electron chi connectivity index (χ1n) is 9.98. The lowest BCUT2D eigenvalue weighted by Crippen LogP contribution is -2.23. The van der Waals surface area contributed by atoms with Gasteiger partial charge in [-0.15, -0.1) is 0 Å². The van der Waals surface area contributed by atoms with Crippen LogP contribution in [0.4, 0.5) is 0 Å². The summed E-state index contributed by atoms with van der Waals surface area (Å²) in [6.07, 6.45) is 0. The smallest absolute Gasteiger partial charge is 0.252 e. The van der Waals surface area contributed by atoms with Gasteiger partial charge in [-0.25, -0.2) is 0 Å². The topological polar surface area (TPSA) is 38.3 Å². The standard InChI is InChI=1S/C27H23NO2/c29-27(28-19-21-10-4-1-5-11-21)26-18-24(30-20-22-12-6-2-7-13-22)16-17-25(26)23-14-8-3-9-15-23/h1-18H,19-20H2,(H,28,29). The van der Waals surface area contributed by atoms with Gasteiger partial charge < -0.3 is 10.1 Å². The monoisotopic (exact) mass is 393 g/mol. The third-order valence-electron chi connectivity index (χ3n) is 4.86. The molecule has 3 nitrogen and oxygen atoms in total.